The summed E-state index contributed by atoms with van der Waals surface area (Å²) in [5.74, 6) is 0. The van der Waals surface area contributed by atoms with Gasteiger partial charge >= 0.3 is 0 Å². The number of benzene rings is 1. The number of hydrogen-bond donors (Lipinski definition) is 10. The number of rotatable bonds is 9. The van der Waals surface area contributed by atoms with Gasteiger partial charge in [-0.25, -0.2) is 9.97 Å². The monoisotopic (exact) mass is 1080 g/mol. The third kappa shape index (κ3) is 8.21. The molecule has 2 aliphatic heterocycles. The van der Waals surface area contributed by atoms with Crippen LogP contribution in [0.1, 0.15) is 39.5 Å². The lowest BCUT2D eigenvalue weighted by molar-refractivity contribution is 0.411. The molecule has 66 heavy (non-hydrogen) atoms. The van der Waals surface area contributed by atoms with E-state index in [0.29, 0.717) is 17.1 Å². The zero-order chi connectivity index (χ0) is 49.5. The average molecular weight is 1080 g/mol. The number of nitrogens with one attached hydrogen (secondary N) is 2. The molecule has 0 saturated heterocycles. The third-order valence-corrected chi connectivity index (χ3v) is 18.7. The number of H-pyrrole nitrogens is 2. The topological polar surface area (TPSA) is 492 Å². The van der Waals surface area contributed by atoms with Crippen molar-refractivity contribution in [1.29, 1.82) is 0 Å². The molecule has 0 amide bonds. The molecule has 4 aromatic rings. The number of fused-ring (bicyclic) bond motifs is 9. The Morgan fingerprint density at radius 2 is 0.864 bits per heavy atom. The fourth-order valence-corrected chi connectivity index (χ4v) is 19.0. The first-order valence-corrected chi connectivity index (χ1v) is 28.2. The van der Waals surface area contributed by atoms with Crippen LogP contribution in [-0.2, 0) is 85.7 Å². The summed E-state index contributed by atoms with van der Waals surface area (Å²) in [5.41, 5.74) is -9.30. The Morgan fingerprint density at radius 3 is 1.24 bits per heavy atom. The quantitative estimate of drug-likeness (QED) is 0.0881. The highest BCUT2D eigenvalue weighted by Gasteiger charge is 2.70. The van der Waals surface area contributed by atoms with Gasteiger partial charge in [-0.2, -0.15) is 67.3 Å². The van der Waals surface area contributed by atoms with Crippen molar-refractivity contribution in [2.45, 2.75) is 29.6 Å². The van der Waals surface area contributed by atoms with Crippen molar-refractivity contribution in [2.24, 2.45) is 0 Å². The minimum atomic E-state index is -7.47. The molecular weight excluding hydrogens is 1060 g/mol. The molecule has 3 aliphatic rings. The Labute approximate surface area is 370 Å². The predicted octanol–water partition coefficient (Wildman–Crippen LogP) is 0.488. The van der Waals surface area contributed by atoms with Gasteiger partial charge in [-0.05, 0) is 66.8 Å². The highest BCUT2D eigenvalue weighted by atomic mass is 32.3. The Morgan fingerprint density at radius 1 is 0.455 bits per heavy atom. The summed E-state index contributed by atoms with van der Waals surface area (Å²) in [7, 11) is -57.9. The standard InChI is InChI=1S/C30H22N4O24S8/c35-59(36,37)23-21-22(25(61(41,42)43)27(63(47,48)49)26(23)62(44,45)46)30(66(56,57)58,29(65(53,54)55)28(64(50,51)52)24(21)60(38,39)40)19-10-18-9-16-4-3-14(32-16)7-12-1-2-13(31-12)8-15-5-6-17(33-15)11-20(19)34-18/h1-11,29,31,34H,(H,35,36,37)(H,38,39,40)(H,41,42,43)(H,44,45,46)(H,47,48,49)(H,50,51,52)(H,53,54,55)(H,56,57,58). The fraction of sp³-hybridized carbons (Fsp3) is 0.0667. The maximum Gasteiger partial charge on any atom is 0.297 e. The van der Waals surface area contributed by atoms with E-state index in [9.17, 15) is 104 Å². The molecule has 10 N–H and O–H groups in total. The second-order valence-corrected chi connectivity index (χ2v) is 25.1. The first kappa shape index (κ1) is 48.8. The Hall–Kier alpha value is -5.16. The number of hydrogen-bond acceptors (Lipinski definition) is 18. The maximum atomic E-state index is 14.5. The zero-order valence-corrected chi connectivity index (χ0v) is 37.7. The van der Waals surface area contributed by atoms with Crippen molar-refractivity contribution in [1.82, 2.24) is 19.9 Å². The highest BCUT2D eigenvalue weighted by molar-refractivity contribution is 8.00. The number of nitrogens with zero attached hydrogens (tertiary/aromatic N) is 2. The largest absolute Gasteiger partial charge is 0.355 e. The molecule has 3 aromatic heterocycles. The van der Waals surface area contributed by atoms with Crippen LogP contribution in [0.4, 0.5) is 0 Å². The van der Waals surface area contributed by atoms with Gasteiger partial charge in [-0.3, -0.25) is 36.4 Å². The first-order chi connectivity index (χ1) is 29.8. The molecule has 0 radical (unpaired) electrons. The van der Waals surface area contributed by atoms with Gasteiger partial charge in [0, 0.05) is 38.8 Å². The normalized spacial score (nSPS) is 18.7. The molecule has 36 heteroatoms. The Bertz CT molecular complexity index is 4150. The molecule has 28 nitrogen and oxygen atoms in total. The second kappa shape index (κ2) is 14.9. The smallest absolute Gasteiger partial charge is 0.297 e. The van der Waals surface area contributed by atoms with E-state index >= 15 is 0 Å². The number of aromatic amines is 2. The first-order valence-electron chi connectivity index (χ1n) is 16.6. The van der Waals surface area contributed by atoms with E-state index in [1.165, 1.54) is 30.4 Å². The summed E-state index contributed by atoms with van der Waals surface area (Å²) in [4.78, 5) is -5.76. The van der Waals surface area contributed by atoms with E-state index in [4.69, 9.17) is 0 Å². The molecule has 0 spiro atoms. The van der Waals surface area contributed by atoms with Crippen LogP contribution < -0.4 is 0 Å². The molecule has 0 saturated carbocycles. The highest BCUT2D eigenvalue weighted by Crippen LogP contribution is 2.60. The van der Waals surface area contributed by atoms with E-state index in [2.05, 4.69) is 19.9 Å². The molecule has 1 aliphatic carbocycles. The van der Waals surface area contributed by atoms with Gasteiger partial charge in [-0.1, -0.05) is 0 Å². The van der Waals surface area contributed by atoms with Crippen molar-refractivity contribution in [3.63, 3.8) is 0 Å². The van der Waals surface area contributed by atoms with Gasteiger partial charge < -0.3 is 9.97 Å². The predicted molar refractivity (Wildman–Crippen MR) is 222 cm³/mol. The van der Waals surface area contributed by atoms with Crippen LogP contribution in [0, 0.1) is 0 Å². The lowest BCUT2D eigenvalue weighted by atomic mass is 9.80. The van der Waals surface area contributed by atoms with E-state index < -0.39 is 154 Å². The summed E-state index contributed by atoms with van der Waals surface area (Å²) in [6.07, 6.45) is 4.99. The Balaban J connectivity index is 2.01. The zero-order valence-electron chi connectivity index (χ0n) is 31.2. The van der Waals surface area contributed by atoms with E-state index in [0.717, 1.165) is 12.1 Å². The van der Waals surface area contributed by atoms with Crippen LogP contribution in [0.25, 0.3) is 51.3 Å². The van der Waals surface area contributed by atoms with Crippen molar-refractivity contribution in [3.05, 3.63) is 86.8 Å². The van der Waals surface area contributed by atoms with Crippen molar-refractivity contribution in [3.8, 4) is 0 Å². The summed E-state index contributed by atoms with van der Waals surface area (Å²) >= 11 is 0. The maximum absolute atomic E-state index is 14.5. The third-order valence-electron chi connectivity index (χ3n) is 9.59. The van der Waals surface area contributed by atoms with Crippen LogP contribution in [-0.4, -0.2) is 129 Å². The van der Waals surface area contributed by atoms with Gasteiger partial charge in [0.25, 0.3) is 80.9 Å². The molecular formula is C30H22N4O24S8. The summed E-state index contributed by atoms with van der Waals surface area (Å²) < 4.78 is 296. The SMILES string of the molecule is O=S(=O)(O)C1=C(S(=O)(=O)O)C(S(=O)(=O)O)C(c2cc3cc4nc(cc5ccc(cc6nc(cc2[nH]3)C=C6)[nH]5)C=C4)(S(=O)(=O)O)c2c1c(S(=O)(=O)O)c(S(=O)(=O)O)c(S(=O)(=O)O)c2S(=O)(=O)O. The van der Waals surface area contributed by atoms with Crippen molar-refractivity contribution < 1.29 is 104 Å². The number of aromatic nitrogens is 4. The van der Waals surface area contributed by atoms with Crippen LogP contribution in [0.5, 0.6) is 0 Å². The lowest BCUT2D eigenvalue weighted by Crippen LogP contribution is -2.56. The Kier molecular flexibility index (Phi) is 11.0. The van der Waals surface area contributed by atoms with Crippen LogP contribution >= 0.6 is 0 Å². The fourth-order valence-electron chi connectivity index (χ4n) is 7.61. The minimum absolute atomic E-state index is 0.0371. The van der Waals surface area contributed by atoms with E-state index in [1.54, 1.807) is 12.1 Å². The molecule has 354 valence electrons. The van der Waals surface area contributed by atoms with Crippen molar-refractivity contribution >= 4 is 132 Å². The van der Waals surface area contributed by atoms with Gasteiger partial charge in [0.15, 0.2) is 10.00 Å². The van der Waals surface area contributed by atoms with Crippen molar-refractivity contribution in [2.75, 3.05) is 0 Å². The van der Waals surface area contributed by atoms with Gasteiger partial charge in [0.1, 0.15) is 29.4 Å². The average Bonchev–Trinajstić information content (AvgIpc) is 3.92. The summed E-state index contributed by atoms with van der Waals surface area (Å²) in [5, 5.41) is -4.75. The lowest BCUT2D eigenvalue weighted by Gasteiger charge is -2.43. The minimum Gasteiger partial charge on any atom is -0.355 e. The van der Waals surface area contributed by atoms with E-state index in [1.807, 2.05) is 0 Å². The molecule has 8 bridgehead atoms. The molecule has 7 rings (SSSR count). The van der Waals surface area contributed by atoms with Crippen LogP contribution in [0.2, 0.25) is 0 Å². The molecule has 5 heterocycles. The summed E-state index contributed by atoms with van der Waals surface area (Å²) in [6, 6.07) is 7.88. The van der Waals surface area contributed by atoms with E-state index in [-0.39, 0.29) is 23.1 Å². The molecule has 2 atom stereocenters. The molecule has 1 aromatic carbocycles. The van der Waals surface area contributed by atoms with Gasteiger partial charge in [0.2, 0.25) is 0 Å². The van der Waals surface area contributed by atoms with Gasteiger partial charge in [-0.15, -0.1) is 0 Å². The second-order valence-electron chi connectivity index (χ2n) is 13.8. The molecule has 0 fully saturated rings. The van der Waals surface area contributed by atoms with Crippen LogP contribution in [0.3, 0.4) is 0 Å². The molecule has 2 unspecified atom stereocenters. The van der Waals surface area contributed by atoms with Gasteiger partial charge in [0.05, 0.1) is 22.8 Å². The summed E-state index contributed by atoms with van der Waals surface area (Å²) in [6.45, 7) is 0. The van der Waals surface area contributed by atoms with Crippen LogP contribution in [0.15, 0.2) is 67.0 Å².